The topological polar surface area (TPSA) is 105 Å². The van der Waals surface area contributed by atoms with Crippen molar-refractivity contribution in [3.63, 3.8) is 0 Å². The van der Waals surface area contributed by atoms with Crippen molar-refractivity contribution in [3.05, 3.63) is 23.5 Å². The molecule has 0 radical (unpaired) electrons. The van der Waals surface area contributed by atoms with E-state index in [1.54, 1.807) is 16.7 Å². The van der Waals surface area contributed by atoms with E-state index in [9.17, 15) is 17.2 Å². The monoisotopic (exact) mass is 525 g/mol. The molecule has 4 atom stereocenters. The van der Waals surface area contributed by atoms with Gasteiger partial charge in [0.2, 0.25) is 10.0 Å². The van der Waals surface area contributed by atoms with Crippen LogP contribution >= 0.6 is 11.3 Å². The molecule has 0 amide bonds. The van der Waals surface area contributed by atoms with Crippen LogP contribution in [0, 0.1) is 5.92 Å². The van der Waals surface area contributed by atoms with Gasteiger partial charge in [0.15, 0.2) is 15.8 Å². The molecule has 3 aromatic heterocycles. The van der Waals surface area contributed by atoms with E-state index in [0.29, 0.717) is 24.5 Å². The van der Waals surface area contributed by atoms with Crippen LogP contribution in [0.2, 0.25) is 0 Å². The van der Waals surface area contributed by atoms with Crippen LogP contribution in [0.3, 0.4) is 0 Å². The van der Waals surface area contributed by atoms with Crippen LogP contribution in [0.25, 0.3) is 16.3 Å². The highest BCUT2D eigenvalue weighted by Crippen LogP contribution is 2.46. The zero-order chi connectivity index (χ0) is 25.1. The number of alkyl halides is 2. The fourth-order valence-corrected chi connectivity index (χ4v) is 7.27. The lowest BCUT2D eigenvalue weighted by molar-refractivity contribution is 0.150. The molecule has 2 unspecified atom stereocenters. The summed E-state index contributed by atoms with van der Waals surface area (Å²) < 4.78 is 57.8. The van der Waals surface area contributed by atoms with Gasteiger partial charge in [-0.25, -0.2) is 26.9 Å². The summed E-state index contributed by atoms with van der Waals surface area (Å²) in [4.78, 5) is 6.68. The number of sulfonamides is 1. The normalized spacial score (nSPS) is 27.2. The molecule has 1 aliphatic heterocycles. The zero-order valence-electron chi connectivity index (χ0n) is 20.0. The predicted octanol–water partition coefficient (Wildman–Crippen LogP) is 3.44. The highest BCUT2D eigenvalue weighted by atomic mass is 32.2. The number of imidazole rings is 1. The van der Waals surface area contributed by atoms with Gasteiger partial charge >= 0.3 is 0 Å². The van der Waals surface area contributed by atoms with Crippen molar-refractivity contribution in [1.29, 1.82) is 0 Å². The number of halogens is 2. The molecule has 2 fully saturated rings. The first-order valence-electron chi connectivity index (χ1n) is 11.7. The lowest BCUT2D eigenvalue weighted by atomic mass is 10.1. The number of hydrogen-bond acceptors (Lipinski definition) is 8. The first kappa shape index (κ1) is 24.5. The maximum atomic E-state index is 13.5. The minimum absolute atomic E-state index is 0.0969. The van der Waals surface area contributed by atoms with E-state index in [-0.39, 0.29) is 27.8 Å². The first-order valence-corrected chi connectivity index (χ1v) is 14.0. The number of anilines is 1. The SMILES string of the molecule is CCC1CC1(C)NS(=O)(=O)c1cc(N2C[C@H](C)N[C@@H](C)C2)c2cnc(-c3nnc(C(F)F)s3)n2c1. The third-order valence-corrected chi connectivity index (χ3v) is 9.40. The quantitative estimate of drug-likeness (QED) is 0.487. The summed E-state index contributed by atoms with van der Waals surface area (Å²) in [5.74, 6) is 0.580. The Hall–Kier alpha value is -2.22. The Labute approximate surface area is 207 Å². The number of pyridine rings is 1. The van der Waals surface area contributed by atoms with Crippen LogP contribution in [0.5, 0.6) is 0 Å². The summed E-state index contributed by atoms with van der Waals surface area (Å²) in [6.45, 7) is 9.50. The molecule has 0 spiro atoms. The van der Waals surface area contributed by atoms with Crippen LogP contribution in [-0.4, -0.2) is 58.7 Å². The second-order valence-corrected chi connectivity index (χ2v) is 12.5. The molecule has 13 heteroatoms. The van der Waals surface area contributed by atoms with E-state index in [0.717, 1.165) is 29.9 Å². The standard InChI is InChI=1S/C22H29F2N7O2S2/c1-5-14-7-22(14,4)29-35(32,33)15-6-16(30-9-12(2)26-13(3)10-30)17-8-25-19(31(17)11-15)21-28-27-20(34-21)18(23)24/h6,8,11-14,18,26,29H,5,7,9-10H2,1-4H3/t12-,13-,14?,22?/m0/s1. The Morgan fingerprint density at radius 1 is 1.29 bits per heavy atom. The maximum Gasteiger partial charge on any atom is 0.291 e. The number of aromatic nitrogens is 4. The molecule has 2 aliphatic rings. The van der Waals surface area contributed by atoms with E-state index >= 15 is 0 Å². The number of hydrogen-bond donors (Lipinski definition) is 2. The molecule has 0 bridgehead atoms. The number of nitrogens with zero attached hydrogens (tertiary/aromatic N) is 5. The van der Waals surface area contributed by atoms with E-state index in [1.165, 1.54) is 6.20 Å². The van der Waals surface area contributed by atoms with Crippen LogP contribution in [0.15, 0.2) is 23.4 Å². The molecule has 5 rings (SSSR count). The molecule has 2 N–H and O–H groups in total. The molecule has 1 aliphatic carbocycles. The summed E-state index contributed by atoms with van der Waals surface area (Å²) in [6, 6.07) is 2.09. The van der Waals surface area contributed by atoms with Gasteiger partial charge in [0.05, 0.1) is 17.4 Å². The van der Waals surface area contributed by atoms with Crippen molar-refractivity contribution in [2.24, 2.45) is 5.92 Å². The van der Waals surface area contributed by atoms with Crippen molar-refractivity contribution in [2.45, 2.75) is 69.5 Å². The van der Waals surface area contributed by atoms with Crippen LogP contribution in [0.1, 0.15) is 52.0 Å². The average Bonchev–Trinajstić information content (AvgIpc) is 3.13. The van der Waals surface area contributed by atoms with Crippen molar-refractivity contribution in [2.75, 3.05) is 18.0 Å². The second kappa shape index (κ2) is 8.71. The molecule has 0 aromatic carbocycles. The van der Waals surface area contributed by atoms with Gasteiger partial charge in [-0.3, -0.25) is 4.40 Å². The van der Waals surface area contributed by atoms with Crippen LogP contribution in [0.4, 0.5) is 14.5 Å². The van der Waals surface area contributed by atoms with Gasteiger partial charge in [0, 0.05) is 36.9 Å². The van der Waals surface area contributed by atoms with Gasteiger partial charge in [-0.05, 0) is 39.2 Å². The summed E-state index contributed by atoms with van der Waals surface area (Å²) in [5.41, 5.74) is 0.931. The Morgan fingerprint density at radius 3 is 2.60 bits per heavy atom. The van der Waals surface area contributed by atoms with Crippen LogP contribution in [-0.2, 0) is 10.0 Å². The fraction of sp³-hybridized carbons (Fsp3) is 0.591. The molecule has 9 nitrogen and oxygen atoms in total. The van der Waals surface area contributed by atoms with Crippen molar-refractivity contribution >= 4 is 32.6 Å². The lowest BCUT2D eigenvalue weighted by Crippen LogP contribution is -2.54. The molecule has 4 heterocycles. The van der Waals surface area contributed by atoms with Gasteiger partial charge in [-0.2, -0.15) is 0 Å². The smallest absolute Gasteiger partial charge is 0.291 e. The predicted molar refractivity (Wildman–Crippen MR) is 130 cm³/mol. The van der Waals surface area contributed by atoms with Crippen LogP contribution < -0.4 is 14.9 Å². The number of nitrogens with one attached hydrogen (secondary N) is 2. The fourth-order valence-electron chi connectivity index (χ4n) is 5.09. The van der Waals surface area contributed by atoms with Crippen molar-refractivity contribution < 1.29 is 17.2 Å². The van der Waals surface area contributed by atoms with Gasteiger partial charge in [-0.15, -0.1) is 10.2 Å². The highest BCUT2D eigenvalue weighted by molar-refractivity contribution is 7.89. The number of piperazine rings is 1. The molecular formula is C22H29F2N7O2S2. The van der Waals surface area contributed by atoms with E-state index < -0.39 is 27.0 Å². The summed E-state index contributed by atoms with van der Waals surface area (Å²) in [7, 11) is -3.86. The average molecular weight is 526 g/mol. The van der Waals surface area contributed by atoms with Gasteiger partial charge in [-0.1, -0.05) is 24.7 Å². The third kappa shape index (κ3) is 4.54. The second-order valence-electron chi connectivity index (χ2n) is 9.85. The molecule has 1 saturated carbocycles. The van der Waals surface area contributed by atoms with Gasteiger partial charge in [0.25, 0.3) is 6.43 Å². The highest BCUT2D eigenvalue weighted by Gasteiger charge is 2.51. The Bertz CT molecular complexity index is 1350. The molecular weight excluding hydrogens is 496 g/mol. The summed E-state index contributed by atoms with van der Waals surface area (Å²) in [5, 5.41) is 10.8. The van der Waals surface area contributed by atoms with Crippen molar-refractivity contribution in [1.82, 2.24) is 29.6 Å². The summed E-state index contributed by atoms with van der Waals surface area (Å²) >= 11 is 0.748. The third-order valence-electron chi connectivity index (χ3n) is 6.89. The lowest BCUT2D eigenvalue weighted by Gasteiger charge is -2.38. The zero-order valence-corrected chi connectivity index (χ0v) is 21.6. The van der Waals surface area contributed by atoms with E-state index in [4.69, 9.17) is 0 Å². The number of rotatable bonds is 7. The number of fused-ring (bicyclic) bond motifs is 1. The minimum Gasteiger partial charge on any atom is -0.367 e. The Morgan fingerprint density at radius 2 is 2.00 bits per heavy atom. The first-order chi connectivity index (χ1) is 16.5. The van der Waals surface area contributed by atoms with Gasteiger partial charge in [0.1, 0.15) is 4.90 Å². The van der Waals surface area contributed by atoms with Crippen molar-refractivity contribution in [3.8, 4) is 10.8 Å². The van der Waals surface area contributed by atoms with E-state index in [1.807, 2.05) is 6.92 Å². The molecule has 3 aromatic rings. The molecule has 1 saturated heterocycles. The molecule has 35 heavy (non-hydrogen) atoms. The molecule has 190 valence electrons. The minimum atomic E-state index is -3.86. The largest absolute Gasteiger partial charge is 0.367 e. The van der Waals surface area contributed by atoms with Gasteiger partial charge < -0.3 is 10.2 Å². The maximum absolute atomic E-state index is 13.5. The van der Waals surface area contributed by atoms with E-state index in [2.05, 4.69) is 50.9 Å². The Balaban J connectivity index is 1.64. The Kier molecular flexibility index (Phi) is 6.09. The summed E-state index contributed by atoms with van der Waals surface area (Å²) in [6.07, 6.45) is 2.08.